The summed E-state index contributed by atoms with van der Waals surface area (Å²) in [5.74, 6) is 1.22. The van der Waals surface area contributed by atoms with E-state index < -0.39 is 0 Å². The smallest absolute Gasteiger partial charge is 0.274 e. The predicted molar refractivity (Wildman–Crippen MR) is 75.3 cm³/mol. The molecule has 0 radical (unpaired) electrons. The lowest BCUT2D eigenvalue weighted by Crippen LogP contribution is -2.32. The highest BCUT2D eigenvalue weighted by Crippen LogP contribution is 2.27. The van der Waals surface area contributed by atoms with Crippen LogP contribution in [0.15, 0.2) is 30.5 Å². The second-order valence-electron chi connectivity index (χ2n) is 5.63. The minimum Gasteiger partial charge on any atom is -0.337 e. The van der Waals surface area contributed by atoms with Crippen molar-refractivity contribution < 1.29 is 4.79 Å². The van der Waals surface area contributed by atoms with Crippen molar-refractivity contribution in [3.63, 3.8) is 0 Å². The molecule has 2 atom stereocenters. The maximum atomic E-state index is 12.5. The molecule has 2 fully saturated rings. The molecule has 0 aliphatic carbocycles. The van der Waals surface area contributed by atoms with E-state index in [0.29, 0.717) is 17.5 Å². The Labute approximate surface area is 117 Å². The van der Waals surface area contributed by atoms with Gasteiger partial charge in [0, 0.05) is 26.2 Å². The second-order valence-corrected chi connectivity index (χ2v) is 5.63. The molecule has 2 aliphatic rings. The molecule has 0 saturated carbocycles. The first-order valence-electron chi connectivity index (χ1n) is 7.03. The zero-order chi connectivity index (χ0) is 13.5. The molecule has 2 aliphatic heterocycles. The molecule has 5 nitrogen and oxygen atoms in total. The van der Waals surface area contributed by atoms with Crippen molar-refractivity contribution in [3.05, 3.63) is 36.2 Å². The summed E-state index contributed by atoms with van der Waals surface area (Å²) in [6, 6.07) is 7.63. The molecular weight excluding hydrogens is 252 g/mol. The molecular formula is C15H16N4O. The Hall–Kier alpha value is -2.01. The number of likely N-dealkylation sites (tertiary alicyclic amines) is 1. The van der Waals surface area contributed by atoms with Gasteiger partial charge in [-0.25, -0.2) is 4.98 Å². The van der Waals surface area contributed by atoms with Crippen LogP contribution >= 0.6 is 0 Å². The molecule has 3 heterocycles. The first-order valence-corrected chi connectivity index (χ1v) is 7.03. The van der Waals surface area contributed by atoms with Crippen LogP contribution in [-0.4, -0.2) is 47.0 Å². The van der Waals surface area contributed by atoms with Gasteiger partial charge in [-0.2, -0.15) is 0 Å². The number of rotatable bonds is 1. The molecule has 1 aromatic heterocycles. The Bertz CT molecular complexity index is 660. The van der Waals surface area contributed by atoms with Crippen molar-refractivity contribution >= 4 is 16.9 Å². The number of carbonyl (C=O) groups is 1. The number of para-hydroxylation sites is 2. The van der Waals surface area contributed by atoms with Crippen molar-refractivity contribution in [2.75, 3.05) is 26.2 Å². The third kappa shape index (κ3) is 1.86. The number of nitrogens with zero attached hydrogens (tertiary/aromatic N) is 3. The van der Waals surface area contributed by atoms with Crippen molar-refractivity contribution in [2.45, 2.75) is 0 Å². The molecule has 1 amide bonds. The summed E-state index contributed by atoms with van der Waals surface area (Å²) in [6.07, 6.45) is 1.59. The molecule has 4 rings (SSSR count). The van der Waals surface area contributed by atoms with Gasteiger partial charge < -0.3 is 10.2 Å². The second kappa shape index (κ2) is 4.52. The number of hydrogen-bond acceptors (Lipinski definition) is 4. The van der Waals surface area contributed by atoms with Crippen LogP contribution in [0, 0.1) is 11.8 Å². The lowest BCUT2D eigenvalue weighted by Gasteiger charge is -2.16. The predicted octanol–water partition coefficient (Wildman–Crippen LogP) is 0.921. The summed E-state index contributed by atoms with van der Waals surface area (Å²) in [5.41, 5.74) is 2.06. The summed E-state index contributed by atoms with van der Waals surface area (Å²) in [5, 5.41) is 3.38. The molecule has 2 saturated heterocycles. The van der Waals surface area contributed by atoms with Crippen LogP contribution < -0.4 is 5.32 Å². The standard InChI is InChI=1S/C15H16N4O/c20-15(19-8-10-5-16-6-11(10)9-19)14-7-17-12-3-1-2-4-13(12)18-14/h1-4,7,10-11,16H,5-6,8-9H2/t10-,11+. The number of hydrogen-bond donors (Lipinski definition) is 1. The first-order chi connectivity index (χ1) is 9.81. The maximum absolute atomic E-state index is 12.5. The average molecular weight is 268 g/mol. The summed E-state index contributed by atoms with van der Waals surface area (Å²) in [7, 11) is 0. The third-order valence-corrected chi connectivity index (χ3v) is 4.34. The van der Waals surface area contributed by atoms with Crippen LogP contribution in [0.2, 0.25) is 0 Å². The number of amides is 1. The summed E-state index contributed by atoms with van der Waals surface area (Å²) in [4.78, 5) is 23.2. The van der Waals surface area contributed by atoms with Gasteiger partial charge in [0.25, 0.3) is 5.91 Å². The fraction of sp³-hybridized carbons (Fsp3) is 0.400. The average Bonchev–Trinajstić information content (AvgIpc) is 3.07. The minimum absolute atomic E-state index is 0.0117. The lowest BCUT2D eigenvalue weighted by atomic mass is 10.0. The molecule has 5 heteroatoms. The number of carbonyl (C=O) groups excluding carboxylic acids is 1. The Morgan fingerprint density at radius 2 is 1.85 bits per heavy atom. The van der Waals surface area contributed by atoms with E-state index in [-0.39, 0.29) is 5.91 Å². The number of nitrogens with one attached hydrogen (secondary N) is 1. The van der Waals surface area contributed by atoms with Crippen molar-refractivity contribution in [1.82, 2.24) is 20.2 Å². The maximum Gasteiger partial charge on any atom is 0.274 e. The number of aromatic nitrogens is 2. The Balaban J connectivity index is 1.61. The van der Waals surface area contributed by atoms with Gasteiger partial charge in [-0.15, -0.1) is 0 Å². The van der Waals surface area contributed by atoms with Crippen molar-refractivity contribution in [3.8, 4) is 0 Å². The number of fused-ring (bicyclic) bond motifs is 2. The molecule has 0 unspecified atom stereocenters. The van der Waals surface area contributed by atoms with E-state index in [9.17, 15) is 4.79 Å². The van der Waals surface area contributed by atoms with Crippen molar-refractivity contribution in [1.29, 1.82) is 0 Å². The molecule has 1 aromatic carbocycles. The third-order valence-electron chi connectivity index (χ3n) is 4.34. The molecule has 102 valence electrons. The highest BCUT2D eigenvalue weighted by Gasteiger charge is 2.38. The fourth-order valence-corrected chi connectivity index (χ4v) is 3.24. The van der Waals surface area contributed by atoms with E-state index in [1.807, 2.05) is 29.2 Å². The zero-order valence-electron chi connectivity index (χ0n) is 11.1. The van der Waals surface area contributed by atoms with Crippen LogP contribution in [-0.2, 0) is 0 Å². The SMILES string of the molecule is O=C(c1cnc2ccccc2n1)N1C[C@H]2CNC[C@H]2C1. The van der Waals surface area contributed by atoms with Gasteiger partial charge in [0.15, 0.2) is 0 Å². The molecule has 20 heavy (non-hydrogen) atoms. The topological polar surface area (TPSA) is 58.1 Å². The van der Waals surface area contributed by atoms with Crippen molar-refractivity contribution in [2.24, 2.45) is 11.8 Å². The van der Waals surface area contributed by atoms with Gasteiger partial charge in [0.05, 0.1) is 17.2 Å². The highest BCUT2D eigenvalue weighted by atomic mass is 16.2. The molecule has 0 spiro atoms. The zero-order valence-corrected chi connectivity index (χ0v) is 11.1. The number of benzene rings is 1. The van der Waals surface area contributed by atoms with E-state index in [0.717, 1.165) is 37.2 Å². The summed E-state index contributed by atoms with van der Waals surface area (Å²) in [6.45, 7) is 3.73. The normalized spacial score (nSPS) is 25.1. The van der Waals surface area contributed by atoms with Crippen LogP contribution in [0.4, 0.5) is 0 Å². The highest BCUT2D eigenvalue weighted by molar-refractivity contribution is 5.94. The molecule has 1 N–H and O–H groups in total. The monoisotopic (exact) mass is 268 g/mol. The van der Waals surface area contributed by atoms with Gasteiger partial charge >= 0.3 is 0 Å². The fourth-order valence-electron chi connectivity index (χ4n) is 3.24. The quantitative estimate of drug-likeness (QED) is 0.835. The van der Waals surface area contributed by atoms with Crippen LogP contribution in [0.25, 0.3) is 11.0 Å². The Kier molecular flexibility index (Phi) is 2.67. The van der Waals surface area contributed by atoms with E-state index in [1.54, 1.807) is 6.20 Å². The minimum atomic E-state index is 0.0117. The Morgan fingerprint density at radius 1 is 1.15 bits per heavy atom. The lowest BCUT2D eigenvalue weighted by molar-refractivity contribution is 0.0776. The summed E-state index contributed by atoms with van der Waals surface area (Å²) >= 11 is 0. The largest absolute Gasteiger partial charge is 0.337 e. The van der Waals surface area contributed by atoms with Gasteiger partial charge in [-0.3, -0.25) is 9.78 Å². The van der Waals surface area contributed by atoms with Crippen LogP contribution in [0.3, 0.4) is 0 Å². The van der Waals surface area contributed by atoms with E-state index >= 15 is 0 Å². The van der Waals surface area contributed by atoms with Gasteiger partial charge in [-0.1, -0.05) is 12.1 Å². The van der Waals surface area contributed by atoms with Crippen LogP contribution in [0.1, 0.15) is 10.5 Å². The van der Waals surface area contributed by atoms with Gasteiger partial charge in [0.1, 0.15) is 5.69 Å². The van der Waals surface area contributed by atoms with E-state index in [4.69, 9.17) is 0 Å². The van der Waals surface area contributed by atoms with Crippen LogP contribution in [0.5, 0.6) is 0 Å². The summed E-state index contributed by atoms with van der Waals surface area (Å²) < 4.78 is 0. The van der Waals surface area contributed by atoms with E-state index in [2.05, 4.69) is 15.3 Å². The van der Waals surface area contributed by atoms with E-state index in [1.165, 1.54) is 0 Å². The van der Waals surface area contributed by atoms with Gasteiger partial charge in [-0.05, 0) is 24.0 Å². The molecule has 0 bridgehead atoms. The Morgan fingerprint density at radius 3 is 2.60 bits per heavy atom. The first kappa shape index (κ1) is 11.8. The van der Waals surface area contributed by atoms with Gasteiger partial charge in [0.2, 0.25) is 0 Å². The molecule has 2 aromatic rings.